The number of carbonyl (C=O) groups excluding carboxylic acids is 2. The zero-order valence-electron chi connectivity index (χ0n) is 23.6. The number of nitrogens with one attached hydrogen (secondary N) is 1. The number of para-hydroxylation sites is 2. The summed E-state index contributed by atoms with van der Waals surface area (Å²) in [5.41, 5.74) is 1.56. The Balaban J connectivity index is 1.48. The maximum absolute atomic E-state index is 13.9. The third kappa shape index (κ3) is 7.65. The van der Waals surface area contributed by atoms with E-state index in [1.54, 1.807) is 59.4 Å². The first-order chi connectivity index (χ1) is 19.8. The molecule has 1 aliphatic heterocycles. The van der Waals surface area contributed by atoms with Crippen LogP contribution in [0.1, 0.15) is 31.7 Å². The Morgan fingerprint density at radius 2 is 1.54 bits per heavy atom. The van der Waals surface area contributed by atoms with Crippen LogP contribution in [0, 0.1) is 0 Å². The Bertz CT molecular complexity index is 1390. The number of ether oxygens (including phenoxy) is 1. The number of nitrogens with zero attached hydrogens (tertiary/aromatic N) is 3. The molecule has 4 rings (SSSR count). The predicted octanol–water partition coefficient (Wildman–Crippen LogP) is 4.82. The summed E-state index contributed by atoms with van der Waals surface area (Å²) in [5.74, 6) is 0.330. The van der Waals surface area contributed by atoms with E-state index in [9.17, 15) is 18.0 Å². The highest BCUT2D eigenvalue weighted by Crippen LogP contribution is 2.25. The first kappa shape index (κ1) is 30.1. The van der Waals surface area contributed by atoms with Crippen LogP contribution in [0.25, 0.3) is 0 Å². The number of carbonyl (C=O) groups is 2. The molecule has 0 spiro atoms. The van der Waals surface area contributed by atoms with Crippen molar-refractivity contribution in [2.45, 2.75) is 43.7 Å². The lowest BCUT2D eigenvalue weighted by Gasteiger charge is -2.39. The fourth-order valence-corrected chi connectivity index (χ4v) is 6.54. The van der Waals surface area contributed by atoms with Crippen molar-refractivity contribution in [1.29, 1.82) is 0 Å². The molecule has 3 aromatic rings. The van der Waals surface area contributed by atoms with Gasteiger partial charge in [-0.15, -0.1) is 0 Å². The van der Waals surface area contributed by atoms with Crippen LogP contribution in [0.5, 0.6) is 5.75 Å². The molecule has 1 aliphatic rings. The molecule has 0 aromatic heterocycles. The van der Waals surface area contributed by atoms with E-state index in [1.807, 2.05) is 49.4 Å². The lowest BCUT2D eigenvalue weighted by Crippen LogP contribution is -2.51. The van der Waals surface area contributed by atoms with Crippen LogP contribution in [-0.4, -0.2) is 73.8 Å². The minimum Gasteiger partial charge on any atom is -0.495 e. The normalized spacial score (nSPS) is 14.1. The maximum Gasteiger partial charge on any atom is 0.321 e. The monoisotopic (exact) mass is 578 g/mol. The summed E-state index contributed by atoms with van der Waals surface area (Å²) in [6.07, 6.45) is 1.74. The minimum atomic E-state index is -3.84. The number of rotatable bonds is 11. The highest BCUT2D eigenvalue weighted by molar-refractivity contribution is 7.89. The molecule has 0 bridgehead atoms. The smallest absolute Gasteiger partial charge is 0.321 e. The number of likely N-dealkylation sites (tertiary alicyclic amines) is 1. The van der Waals surface area contributed by atoms with Gasteiger partial charge in [-0.2, -0.15) is 4.31 Å². The van der Waals surface area contributed by atoms with E-state index < -0.39 is 10.0 Å². The molecule has 0 saturated carbocycles. The van der Waals surface area contributed by atoms with Gasteiger partial charge in [-0.25, -0.2) is 13.2 Å². The topological polar surface area (TPSA) is 99.3 Å². The number of hydrogen-bond donors (Lipinski definition) is 1. The third-order valence-electron chi connectivity index (χ3n) is 7.22. The molecule has 1 heterocycles. The molecule has 9 nitrogen and oxygen atoms in total. The summed E-state index contributed by atoms with van der Waals surface area (Å²) in [5, 5.41) is 2.92. The number of anilines is 1. The van der Waals surface area contributed by atoms with E-state index in [1.165, 1.54) is 4.31 Å². The van der Waals surface area contributed by atoms with Crippen molar-refractivity contribution in [3.63, 3.8) is 0 Å². The Morgan fingerprint density at radius 1 is 0.927 bits per heavy atom. The molecule has 3 aromatic carbocycles. The summed E-state index contributed by atoms with van der Waals surface area (Å²) < 4.78 is 33.5. The van der Waals surface area contributed by atoms with Gasteiger partial charge >= 0.3 is 6.03 Å². The van der Waals surface area contributed by atoms with Gasteiger partial charge in [0, 0.05) is 32.2 Å². The molecule has 0 atom stereocenters. The average Bonchev–Trinajstić information content (AvgIpc) is 3.01. The van der Waals surface area contributed by atoms with E-state index in [0.29, 0.717) is 50.3 Å². The highest BCUT2D eigenvalue weighted by atomic mass is 32.2. The van der Waals surface area contributed by atoms with E-state index in [0.717, 1.165) is 5.56 Å². The number of methoxy groups -OCH3 is 1. The summed E-state index contributed by atoms with van der Waals surface area (Å²) >= 11 is 0. The van der Waals surface area contributed by atoms with Gasteiger partial charge in [0.05, 0.1) is 24.2 Å². The summed E-state index contributed by atoms with van der Waals surface area (Å²) in [7, 11) is -2.28. The van der Waals surface area contributed by atoms with E-state index >= 15 is 0 Å². The van der Waals surface area contributed by atoms with Gasteiger partial charge in [-0.1, -0.05) is 67.6 Å². The van der Waals surface area contributed by atoms with Crippen molar-refractivity contribution >= 4 is 27.6 Å². The number of urea groups is 1. The molecule has 218 valence electrons. The van der Waals surface area contributed by atoms with Crippen LogP contribution < -0.4 is 10.1 Å². The Labute approximate surface area is 242 Å². The third-order valence-corrected chi connectivity index (χ3v) is 9.08. The number of benzene rings is 3. The maximum atomic E-state index is 13.9. The van der Waals surface area contributed by atoms with Crippen molar-refractivity contribution in [3.05, 3.63) is 90.5 Å². The van der Waals surface area contributed by atoms with Crippen LogP contribution >= 0.6 is 0 Å². The van der Waals surface area contributed by atoms with Gasteiger partial charge in [0.1, 0.15) is 5.75 Å². The van der Waals surface area contributed by atoms with Gasteiger partial charge in [0.2, 0.25) is 15.9 Å². The molecular formula is C31H38N4O5S. The highest BCUT2D eigenvalue weighted by Gasteiger charge is 2.33. The van der Waals surface area contributed by atoms with Crippen LogP contribution in [0.15, 0.2) is 89.8 Å². The van der Waals surface area contributed by atoms with Crippen LogP contribution in [0.2, 0.25) is 0 Å². The van der Waals surface area contributed by atoms with Crippen LogP contribution in [0.4, 0.5) is 10.5 Å². The Kier molecular flexibility index (Phi) is 10.4. The van der Waals surface area contributed by atoms with Gasteiger partial charge in [-0.3, -0.25) is 4.79 Å². The van der Waals surface area contributed by atoms with Crippen LogP contribution in [-0.2, 0) is 21.4 Å². The quantitative estimate of drug-likeness (QED) is 0.352. The molecular weight excluding hydrogens is 540 g/mol. The summed E-state index contributed by atoms with van der Waals surface area (Å²) in [6, 6.07) is 24.8. The zero-order chi connectivity index (χ0) is 29.2. The Hall–Kier alpha value is -3.89. The molecule has 1 saturated heterocycles. The van der Waals surface area contributed by atoms with Gasteiger partial charge < -0.3 is 19.9 Å². The second kappa shape index (κ2) is 14.1. The van der Waals surface area contributed by atoms with Gasteiger partial charge in [0.25, 0.3) is 0 Å². The van der Waals surface area contributed by atoms with E-state index in [2.05, 4.69) is 5.32 Å². The molecule has 0 unspecified atom stereocenters. The molecule has 0 aliphatic carbocycles. The fraction of sp³-hybridized carbons (Fsp3) is 0.355. The lowest BCUT2D eigenvalue weighted by atomic mass is 10.0. The van der Waals surface area contributed by atoms with Crippen molar-refractivity contribution in [1.82, 2.24) is 14.1 Å². The van der Waals surface area contributed by atoms with Gasteiger partial charge in [-0.05, 0) is 49.1 Å². The second-order valence-corrected chi connectivity index (χ2v) is 11.9. The largest absolute Gasteiger partial charge is 0.495 e. The first-order valence-electron chi connectivity index (χ1n) is 13.9. The lowest BCUT2D eigenvalue weighted by molar-refractivity contribution is -0.135. The molecule has 0 radical (unpaired) electrons. The van der Waals surface area contributed by atoms with Gasteiger partial charge in [0.15, 0.2) is 0 Å². The molecule has 1 fully saturated rings. The van der Waals surface area contributed by atoms with E-state index in [-0.39, 0.29) is 36.0 Å². The van der Waals surface area contributed by atoms with Crippen molar-refractivity contribution in [3.8, 4) is 5.75 Å². The van der Waals surface area contributed by atoms with Crippen molar-refractivity contribution in [2.75, 3.05) is 38.6 Å². The summed E-state index contributed by atoms with van der Waals surface area (Å²) in [4.78, 5) is 30.5. The number of sulfonamides is 1. The first-order valence-corrected chi connectivity index (χ1v) is 15.3. The van der Waals surface area contributed by atoms with Crippen molar-refractivity contribution < 1.29 is 22.7 Å². The van der Waals surface area contributed by atoms with Crippen molar-refractivity contribution in [2.24, 2.45) is 0 Å². The summed E-state index contributed by atoms with van der Waals surface area (Å²) in [6.45, 7) is 3.18. The molecule has 3 amide bonds. The predicted molar refractivity (Wildman–Crippen MR) is 159 cm³/mol. The zero-order valence-corrected chi connectivity index (χ0v) is 24.4. The SMILES string of the molecule is CCCN(CC(=O)N(Cc1ccccc1)C1CCN(C(=O)Nc2ccccc2OC)CC1)S(=O)(=O)c1ccccc1. The molecule has 41 heavy (non-hydrogen) atoms. The average molecular weight is 579 g/mol. The van der Waals surface area contributed by atoms with Crippen LogP contribution in [0.3, 0.4) is 0 Å². The number of piperidine rings is 1. The molecule has 1 N–H and O–H groups in total. The van der Waals surface area contributed by atoms with E-state index in [4.69, 9.17) is 4.74 Å². The minimum absolute atomic E-state index is 0.138. The fourth-order valence-electron chi connectivity index (χ4n) is 5.04. The Morgan fingerprint density at radius 3 is 2.17 bits per heavy atom. The molecule has 10 heteroatoms. The number of hydrogen-bond acceptors (Lipinski definition) is 5. The number of amides is 3. The second-order valence-electron chi connectivity index (χ2n) is 10.0. The standard InChI is InChI=1S/C31H38N4O5S/c1-3-20-34(41(38,39)27-14-8-5-9-15-27)24-30(36)35(23-25-12-6-4-7-13-25)26-18-21-33(22-19-26)31(37)32-28-16-10-11-17-29(28)40-2/h4-17,26H,3,18-24H2,1-2H3,(H,32,37).